The Hall–Kier alpha value is -3.23. The number of halogens is 1. The zero-order valence-electron chi connectivity index (χ0n) is 16.6. The van der Waals surface area contributed by atoms with Crippen LogP contribution in [0.1, 0.15) is 23.2 Å². The second-order valence-corrected chi connectivity index (χ2v) is 7.63. The van der Waals surface area contributed by atoms with Crippen molar-refractivity contribution in [2.24, 2.45) is 0 Å². The lowest BCUT2D eigenvalue weighted by molar-refractivity contribution is -0.116. The summed E-state index contributed by atoms with van der Waals surface area (Å²) >= 11 is 11.0. The number of anilines is 1. The van der Waals surface area contributed by atoms with Crippen molar-refractivity contribution < 1.29 is 9.59 Å². The van der Waals surface area contributed by atoms with Gasteiger partial charge >= 0.3 is 0 Å². The molecule has 0 fully saturated rings. The van der Waals surface area contributed by atoms with E-state index in [1.165, 1.54) is 4.57 Å². The number of rotatable bonds is 8. The molecule has 31 heavy (non-hydrogen) atoms. The van der Waals surface area contributed by atoms with Crippen molar-refractivity contribution in [1.29, 1.82) is 0 Å². The number of aromatic amines is 1. The maximum atomic E-state index is 12.5. The molecule has 0 radical (unpaired) electrons. The third kappa shape index (κ3) is 5.68. The zero-order chi connectivity index (χ0) is 22.4. The van der Waals surface area contributed by atoms with Gasteiger partial charge in [0, 0.05) is 35.8 Å². The number of carbonyl (C=O) groups excluding carboxylic acids is 2. The number of hydrogen-bond acceptors (Lipinski definition) is 4. The van der Waals surface area contributed by atoms with Crippen LogP contribution in [0.3, 0.4) is 0 Å². The first-order valence-electron chi connectivity index (χ1n) is 9.60. The molecule has 0 aliphatic carbocycles. The Balaban J connectivity index is 1.56. The van der Waals surface area contributed by atoms with Crippen molar-refractivity contribution in [2.45, 2.75) is 19.4 Å². The van der Waals surface area contributed by atoms with E-state index in [9.17, 15) is 14.4 Å². The normalized spacial score (nSPS) is 10.6. The summed E-state index contributed by atoms with van der Waals surface area (Å²) in [5.41, 5.74) is 1.31. The molecule has 1 heterocycles. The molecule has 3 N–H and O–H groups in total. The number of aromatic nitrogens is 2. The fourth-order valence-electron chi connectivity index (χ4n) is 3.00. The molecule has 0 spiro atoms. The summed E-state index contributed by atoms with van der Waals surface area (Å²) in [6.45, 7) is 4.26. The number of hydrogen-bond donors (Lipinski definition) is 3. The van der Waals surface area contributed by atoms with Crippen LogP contribution in [0.25, 0.3) is 10.9 Å². The van der Waals surface area contributed by atoms with Gasteiger partial charge in [-0.3, -0.25) is 19.0 Å². The summed E-state index contributed by atoms with van der Waals surface area (Å²) in [5.74, 6) is -0.444. The number of H-pyrrole nitrogens is 1. The Labute approximate surface area is 188 Å². The van der Waals surface area contributed by atoms with Gasteiger partial charge in [0.05, 0.1) is 10.9 Å². The number of nitrogens with one attached hydrogen (secondary N) is 3. The molecule has 0 aliphatic rings. The number of amides is 2. The summed E-state index contributed by atoms with van der Waals surface area (Å²) < 4.78 is 1.67. The Bertz CT molecular complexity index is 1250. The molecule has 9 heteroatoms. The lowest BCUT2D eigenvalue weighted by atomic mass is 10.1. The lowest BCUT2D eigenvalue weighted by Crippen LogP contribution is -2.26. The van der Waals surface area contributed by atoms with Crippen LogP contribution in [0.5, 0.6) is 0 Å². The molecule has 3 aromatic rings. The molecular weight excluding hydrogens is 436 g/mol. The molecule has 2 amide bonds. The van der Waals surface area contributed by atoms with Crippen LogP contribution in [-0.2, 0) is 11.3 Å². The van der Waals surface area contributed by atoms with E-state index in [-0.39, 0.29) is 28.6 Å². The van der Waals surface area contributed by atoms with Crippen molar-refractivity contribution >= 4 is 52.2 Å². The van der Waals surface area contributed by atoms with Gasteiger partial charge in [-0.15, -0.1) is 6.58 Å². The Morgan fingerprint density at radius 2 is 1.94 bits per heavy atom. The van der Waals surface area contributed by atoms with Crippen molar-refractivity contribution in [2.75, 3.05) is 11.9 Å². The van der Waals surface area contributed by atoms with E-state index >= 15 is 0 Å². The Kier molecular flexibility index (Phi) is 7.38. The van der Waals surface area contributed by atoms with Crippen LogP contribution in [0, 0.1) is 4.77 Å². The second-order valence-electron chi connectivity index (χ2n) is 6.81. The topological polar surface area (TPSA) is 96.0 Å². The van der Waals surface area contributed by atoms with Gasteiger partial charge < -0.3 is 15.6 Å². The average molecular weight is 457 g/mol. The largest absolute Gasteiger partial charge is 0.352 e. The van der Waals surface area contributed by atoms with E-state index in [1.54, 1.807) is 48.5 Å². The highest BCUT2D eigenvalue weighted by atomic mass is 35.5. The molecule has 1 aromatic heterocycles. The SMILES string of the molecule is C=CCn1c(=S)[nH]c2cc(C(=O)NCCCC(=O)Nc3ccc(Cl)cc3)ccc2c1=O. The maximum Gasteiger partial charge on any atom is 0.262 e. The highest BCUT2D eigenvalue weighted by Gasteiger charge is 2.10. The third-order valence-corrected chi connectivity index (χ3v) is 5.12. The van der Waals surface area contributed by atoms with Gasteiger partial charge in [-0.1, -0.05) is 17.7 Å². The van der Waals surface area contributed by atoms with Crippen molar-refractivity contribution in [1.82, 2.24) is 14.9 Å². The molecule has 160 valence electrons. The van der Waals surface area contributed by atoms with E-state index in [4.69, 9.17) is 23.8 Å². The second kappa shape index (κ2) is 10.2. The quantitative estimate of drug-likeness (QED) is 0.271. The molecule has 2 aromatic carbocycles. The zero-order valence-corrected chi connectivity index (χ0v) is 18.2. The summed E-state index contributed by atoms with van der Waals surface area (Å²) in [6, 6.07) is 11.6. The van der Waals surface area contributed by atoms with Crippen molar-refractivity contribution in [3.63, 3.8) is 0 Å². The van der Waals surface area contributed by atoms with Gasteiger partial charge in [0.15, 0.2) is 4.77 Å². The minimum atomic E-state index is -0.297. The van der Waals surface area contributed by atoms with Crippen LogP contribution in [0.15, 0.2) is 59.9 Å². The van der Waals surface area contributed by atoms with E-state index < -0.39 is 0 Å². The molecule has 0 bridgehead atoms. The fraction of sp³-hybridized carbons (Fsp3) is 0.182. The highest BCUT2D eigenvalue weighted by Crippen LogP contribution is 2.14. The Morgan fingerprint density at radius 3 is 2.65 bits per heavy atom. The van der Waals surface area contributed by atoms with Crippen LogP contribution in [-0.4, -0.2) is 27.9 Å². The number of nitrogens with zero attached hydrogens (tertiary/aromatic N) is 1. The first-order valence-corrected chi connectivity index (χ1v) is 10.4. The lowest BCUT2D eigenvalue weighted by Gasteiger charge is -2.09. The molecule has 3 rings (SSSR count). The molecule has 0 aliphatic heterocycles. The van der Waals surface area contributed by atoms with Crippen LogP contribution < -0.4 is 16.2 Å². The minimum absolute atomic E-state index is 0.148. The van der Waals surface area contributed by atoms with Crippen LogP contribution >= 0.6 is 23.8 Å². The van der Waals surface area contributed by atoms with E-state index in [2.05, 4.69) is 22.2 Å². The summed E-state index contributed by atoms with van der Waals surface area (Å²) in [7, 11) is 0. The fourth-order valence-corrected chi connectivity index (χ4v) is 3.39. The predicted octanol–water partition coefficient (Wildman–Crippen LogP) is 4.05. The molecule has 0 saturated carbocycles. The van der Waals surface area contributed by atoms with Gasteiger partial charge in [0.2, 0.25) is 5.91 Å². The smallest absolute Gasteiger partial charge is 0.262 e. The van der Waals surface area contributed by atoms with Crippen molar-refractivity contribution in [3.05, 3.63) is 80.8 Å². The predicted molar refractivity (Wildman–Crippen MR) is 125 cm³/mol. The summed E-state index contributed by atoms with van der Waals surface area (Å²) in [5, 5.41) is 6.58. The van der Waals surface area contributed by atoms with Gasteiger partial charge in [0.25, 0.3) is 11.5 Å². The number of fused-ring (bicyclic) bond motifs is 1. The number of carbonyl (C=O) groups is 2. The molecule has 0 unspecified atom stereocenters. The summed E-state index contributed by atoms with van der Waals surface area (Å²) in [4.78, 5) is 39.9. The van der Waals surface area contributed by atoms with E-state index in [0.29, 0.717) is 46.7 Å². The number of benzene rings is 2. The van der Waals surface area contributed by atoms with Crippen LogP contribution in [0.2, 0.25) is 5.02 Å². The van der Waals surface area contributed by atoms with Gasteiger partial charge in [-0.05, 0) is 61.1 Å². The van der Waals surface area contributed by atoms with Crippen molar-refractivity contribution in [3.8, 4) is 0 Å². The first kappa shape index (κ1) is 22.5. The summed E-state index contributed by atoms with van der Waals surface area (Å²) in [6.07, 6.45) is 2.33. The first-order chi connectivity index (χ1) is 14.9. The average Bonchev–Trinajstić information content (AvgIpc) is 2.75. The monoisotopic (exact) mass is 456 g/mol. The third-order valence-electron chi connectivity index (χ3n) is 4.55. The highest BCUT2D eigenvalue weighted by molar-refractivity contribution is 7.71. The Morgan fingerprint density at radius 1 is 1.19 bits per heavy atom. The molecule has 0 saturated heterocycles. The molecular formula is C22H21ClN4O3S. The molecule has 7 nitrogen and oxygen atoms in total. The molecule has 0 atom stereocenters. The van der Waals surface area contributed by atoms with Gasteiger partial charge in [-0.2, -0.15) is 0 Å². The number of allylic oxidation sites excluding steroid dienone is 1. The van der Waals surface area contributed by atoms with E-state index in [1.807, 2.05) is 0 Å². The maximum absolute atomic E-state index is 12.5. The van der Waals surface area contributed by atoms with E-state index in [0.717, 1.165) is 0 Å². The van der Waals surface area contributed by atoms with Gasteiger partial charge in [-0.25, -0.2) is 0 Å². The van der Waals surface area contributed by atoms with Gasteiger partial charge in [0.1, 0.15) is 0 Å². The standard InChI is InChI=1S/C22H21ClN4O3S/c1-2-12-27-21(30)17-10-5-14(13-18(17)26-22(27)31)20(29)24-11-3-4-19(28)25-16-8-6-15(23)7-9-16/h2,5-10,13H,1,3-4,11-12H2,(H,24,29)(H,25,28)(H,26,31). The van der Waals surface area contributed by atoms with Crippen LogP contribution in [0.4, 0.5) is 5.69 Å². The minimum Gasteiger partial charge on any atom is -0.352 e.